The average Bonchev–Trinajstić information content (AvgIpc) is 3.37. The maximum Gasteiger partial charge on any atom is 0.232 e. The number of morpholine rings is 1. The molecule has 1 aromatic carbocycles. The first kappa shape index (κ1) is 24.8. The number of piperidine rings is 1. The predicted octanol–water partition coefficient (Wildman–Crippen LogP) is 4.95. The van der Waals surface area contributed by atoms with Gasteiger partial charge in [-0.25, -0.2) is 0 Å². The minimum absolute atomic E-state index is 0.441. The first-order chi connectivity index (χ1) is 17.5. The van der Waals surface area contributed by atoms with Crippen molar-refractivity contribution in [2.75, 3.05) is 54.5 Å². The number of nitrogens with one attached hydrogen (secondary N) is 2. The van der Waals surface area contributed by atoms with Crippen LogP contribution in [0.2, 0.25) is 5.02 Å². The van der Waals surface area contributed by atoms with Crippen molar-refractivity contribution in [3.8, 4) is 11.3 Å². The van der Waals surface area contributed by atoms with E-state index in [9.17, 15) is 0 Å². The third-order valence-electron chi connectivity index (χ3n) is 6.45. The van der Waals surface area contributed by atoms with Crippen LogP contribution < -0.4 is 20.4 Å². The Hall–Kier alpha value is -2.88. The minimum Gasteiger partial charge on any atom is -0.459 e. The van der Waals surface area contributed by atoms with E-state index in [1.165, 1.54) is 12.8 Å². The van der Waals surface area contributed by atoms with E-state index >= 15 is 0 Å². The van der Waals surface area contributed by atoms with Crippen LogP contribution >= 0.6 is 23.8 Å². The van der Waals surface area contributed by atoms with E-state index in [1.54, 1.807) is 0 Å². The van der Waals surface area contributed by atoms with Crippen LogP contribution in [0.4, 0.5) is 17.6 Å². The molecule has 5 rings (SSSR count). The molecule has 2 saturated heterocycles. The lowest BCUT2D eigenvalue weighted by molar-refractivity contribution is 0.122. The van der Waals surface area contributed by atoms with Gasteiger partial charge in [0, 0.05) is 42.8 Å². The zero-order valence-electron chi connectivity index (χ0n) is 20.4. The zero-order valence-corrected chi connectivity index (χ0v) is 21.9. The predicted molar refractivity (Wildman–Crippen MR) is 148 cm³/mol. The number of thiocarbonyl (C=S) groups is 1. The number of ether oxygens (including phenoxy) is 1. The number of hydrogen-bond donors (Lipinski definition) is 2. The molecule has 0 amide bonds. The van der Waals surface area contributed by atoms with E-state index in [2.05, 4.69) is 33.4 Å². The summed E-state index contributed by atoms with van der Waals surface area (Å²) < 4.78 is 11.5. The van der Waals surface area contributed by atoms with E-state index in [1.807, 2.05) is 36.4 Å². The average molecular weight is 527 g/mol. The molecule has 0 bridgehead atoms. The number of anilines is 3. The molecule has 2 aliphatic rings. The first-order valence-corrected chi connectivity index (χ1v) is 13.2. The molecule has 3 aromatic rings. The fourth-order valence-corrected chi connectivity index (χ4v) is 4.84. The number of hydrogen-bond acceptors (Lipinski definition) is 7. The Labute approximate surface area is 222 Å². The molecule has 2 aromatic heterocycles. The van der Waals surface area contributed by atoms with Gasteiger partial charge in [0.05, 0.1) is 19.8 Å². The topological polar surface area (TPSA) is 78.7 Å². The fraction of sp³-hybridized carbons (Fsp3) is 0.423. The SMILES string of the molecule is C[C@@H]1CCCN(c2cc(N3CCOCC3)nc(NC(=S)NCc3ccc(-c4ccc(Cl)cc4)o3)n2)C1. The van der Waals surface area contributed by atoms with Gasteiger partial charge in [0.15, 0.2) is 5.11 Å². The highest BCUT2D eigenvalue weighted by atomic mass is 35.5. The molecule has 4 heterocycles. The summed E-state index contributed by atoms with van der Waals surface area (Å²) in [6.45, 7) is 7.75. The Bertz CT molecular complexity index is 1180. The first-order valence-electron chi connectivity index (χ1n) is 12.4. The highest BCUT2D eigenvalue weighted by Crippen LogP contribution is 2.27. The molecule has 0 unspecified atom stereocenters. The monoisotopic (exact) mass is 526 g/mol. The van der Waals surface area contributed by atoms with Crippen molar-refractivity contribution in [3.63, 3.8) is 0 Å². The Balaban J connectivity index is 1.26. The highest BCUT2D eigenvalue weighted by Gasteiger charge is 2.21. The summed E-state index contributed by atoms with van der Waals surface area (Å²) in [5.41, 5.74) is 0.972. The highest BCUT2D eigenvalue weighted by molar-refractivity contribution is 7.80. The van der Waals surface area contributed by atoms with Crippen LogP contribution in [0.1, 0.15) is 25.5 Å². The summed E-state index contributed by atoms with van der Waals surface area (Å²) in [5.74, 6) is 4.52. The van der Waals surface area contributed by atoms with Gasteiger partial charge in [0.1, 0.15) is 23.2 Å². The second-order valence-electron chi connectivity index (χ2n) is 9.28. The van der Waals surface area contributed by atoms with Crippen LogP contribution in [0.3, 0.4) is 0 Å². The van der Waals surface area contributed by atoms with Crippen LogP contribution in [0.15, 0.2) is 46.9 Å². The van der Waals surface area contributed by atoms with Gasteiger partial charge in [-0.1, -0.05) is 18.5 Å². The van der Waals surface area contributed by atoms with Crippen molar-refractivity contribution in [3.05, 3.63) is 53.2 Å². The van der Waals surface area contributed by atoms with Gasteiger partial charge < -0.3 is 29.6 Å². The number of benzene rings is 1. The molecule has 190 valence electrons. The fourth-order valence-electron chi connectivity index (χ4n) is 4.55. The summed E-state index contributed by atoms with van der Waals surface area (Å²) in [7, 11) is 0. The number of rotatable bonds is 6. The lowest BCUT2D eigenvalue weighted by atomic mass is 10.0. The smallest absolute Gasteiger partial charge is 0.232 e. The molecular weight excluding hydrogens is 496 g/mol. The molecule has 0 aliphatic carbocycles. The van der Waals surface area contributed by atoms with Crippen molar-refractivity contribution in [2.45, 2.75) is 26.3 Å². The number of aromatic nitrogens is 2. The molecule has 36 heavy (non-hydrogen) atoms. The molecule has 8 nitrogen and oxygen atoms in total. The van der Waals surface area contributed by atoms with Crippen molar-refractivity contribution in [2.24, 2.45) is 5.92 Å². The number of halogens is 1. The van der Waals surface area contributed by atoms with Crippen molar-refractivity contribution in [1.29, 1.82) is 0 Å². The standard InChI is InChI=1S/C26H31ClN6O2S/c1-18-3-2-10-33(17-18)24-15-23(32-11-13-34-14-12-32)29-25(30-24)31-26(36)28-16-21-8-9-22(35-21)19-4-6-20(27)7-5-19/h4-9,15,18H,2-3,10-14,16-17H2,1H3,(H2,28,29,30,31,36)/t18-/m1/s1. The lowest BCUT2D eigenvalue weighted by Gasteiger charge is -2.33. The van der Waals surface area contributed by atoms with E-state index in [4.69, 9.17) is 42.9 Å². The third-order valence-corrected chi connectivity index (χ3v) is 6.95. The molecule has 0 saturated carbocycles. The van der Waals surface area contributed by atoms with E-state index < -0.39 is 0 Å². The van der Waals surface area contributed by atoms with Crippen LogP contribution in [0.5, 0.6) is 0 Å². The van der Waals surface area contributed by atoms with Gasteiger partial charge in [-0.05, 0) is 67.4 Å². The summed E-state index contributed by atoms with van der Waals surface area (Å²) in [5, 5.41) is 7.53. The Morgan fingerprint density at radius 3 is 2.56 bits per heavy atom. The van der Waals surface area contributed by atoms with Gasteiger partial charge in [0.25, 0.3) is 0 Å². The van der Waals surface area contributed by atoms with Gasteiger partial charge in [-0.2, -0.15) is 9.97 Å². The van der Waals surface area contributed by atoms with Crippen LogP contribution in [0, 0.1) is 5.92 Å². The van der Waals surface area contributed by atoms with Gasteiger partial charge in [-0.15, -0.1) is 0 Å². The minimum atomic E-state index is 0.441. The Morgan fingerprint density at radius 1 is 1.06 bits per heavy atom. The maximum absolute atomic E-state index is 5.99. The van der Waals surface area contributed by atoms with Crippen molar-refractivity contribution in [1.82, 2.24) is 15.3 Å². The number of nitrogens with zero attached hydrogens (tertiary/aromatic N) is 4. The van der Waals surface area contributed by atoms with Crippen LogP contribution in [-0.4, -0.2) is 54.5 Å². The summed E-state index contributed by atoms with van der Waals surface area (Å²) in [6, 6.07) is 13.5. The summed E-state index contributed by atoms with van der Waals surface area (Å²) >= 11 is 11.5. The molecule has 1 atom stereocenters. The molecule has 0 radical (unpaired) electrons. The molecule has 2 aliphatic heterocycles. The number of furan rings is 1. The van der Waals surface area contributed by atoms with E-state index in [0.29, 0.717) is 41.8 Å². The quantitative estimate of drug-likeness (QED) is 0.434. The van der Waals surface area contributed by atoms with E-state index in [0.717, 1.165) is 54.9 Å². The molecule has 0 spiro atoms. The second-order valence-corrected chi connectivity index (χ2v) is 10.1. The Morgan fingerprint density at radius 2 is 1.81 bits per heavy atom. The summed E-state index contributed by atoms with van der Waals surface area (Å²) in [6.07, 6.45) is 2.42. The lowest BCUT2D eigenvalue weighted by Crippen LogP contribution is -2.38. The molecular formula is C26H31ClN6O2S. The van der Waals surface area contributed by atoms with Crippen molar-refractivity contribution >= 4 is 46.5 Å². The largest absolute Gasteiger partial charge is 0.459 e. The molecule has 2 fully saturated rings. The maximum atomic E-state index is 5.99. The van der Waals surface area contributed by atoms with Gasteiger partial charge in [-0.3, -0.25) is 0 Å². The van der Waals surface area contributed by atoms with Crippen LogP contribution in [-0.2, 0) is 11.3 Å². The second kappa shape index (κ2) is 11.5. The third kappa shape index (κ3) is 6.27. The van der Waals surface area contributed by atoms with Gasteiger partial charge in [0.2, 0.25) is 5.95 Å². The normalized spacial score (nSPS) is 18.2. The zero-order chi connectivity index (χ0) is 24.9. The van der Waals surface area contributed by atoms with Crippen molar-refractivity contribution < 1.29 is 9.15 Å². The van der Waals surface area contributed by atoms with E-state index in [-0.39, 0.29) is 0 Å². The molecule has 2 N–H and O–H groups in total. The Kier molecular flexibility index (Phi) is 7.89. The van der Waals surface area contributed by atoms with Crippen LogP contribution in [0.25, 0.3) is 11.3 Å². The summed E-state index contributed by atoms with van der Waals surface area (Å²) in [4.78, 5) is 14.2. The molecule has 10 heteroatoms. The van der Waals surface area contributed by atoms with Gasteiger partial charge >= 0.3 is 0 Å².